The third-order valence-corrected chi connectivity index (χ3v) is 3.93. The molecule has 23 heavy (non-hydrogen) atoms. The Bertz CT molecular complexity index is 716. The van der Waals surface area contributed by atoms with Crippen molar-refractivity contribution < 1.29 is 9.53 Å². The van der Waals surface area contributed by atoms with Gasteiger partial charge in [0.25, 0.3) is 0 Å². The second-order valence-corrected chi connectivity index (χ2v) is 6.92. The van der Waals surface area contributed by atoms with Crippen molar-refractivity contribution in [1.82, 2.24) is 19.9 Å². The van der Waals surface area contributed by atoms with Crippen molar-refractivity contribution in [2.75, 3.05) is 31.1 Å². The number of carbonyl (C=O) groups excluding carboxylic acids is 1. The summed E-state index contributed by atoms with van der Waals surface area (Å²) in [6.07, 6.45) is 2.95. The first-order valence-electron chi connectivity index (χ1n) is 7.55. The van der Waals surface area contributed by atoms with Gasteiger partial charge in [0.15, 0.2) is 0 Å². The molecular formula is C15H20ClN5O2. The number of anilines is 1. The van der Waals surface area contributed by atoms with E-state index in [1.807, 2.05) is 20.8 Å². The van der Waals surface area contributed by atoms with Crippen LogP contribution in [-0.4, -0.2) is 57.7 Å². The van der Waals surface area contributed by atoms with Gasteiger partial charge >= 0.3 is 6.09 Å². The molecule has 8 heteroatoms. The molecule has 3 rings (SSSR count). The summed E-state index contributed by atoms with van der Waals surface area (Å²) in [5.74, 6) is 0.796. The van der Waals surface area contributed by atoms with Crippen LogP contribution >= 0.6 is 11.6 Å². The van der Waals surface area contributed by atoms with Crippen molar-refractivity contribution in [2.45, 2.75) is 26.4 Å². The maximum absolute atomic E-state index is 12.1. The molecule has 1 aliphatic rings. The molecule has 7 nitrogen and oxygen atoms in total. The SMILES string of the molecule is CC(C)(C)OC(=O)N1CCN(c2ncnc3[nH]cc(Cl)c23)CC1. The van der Waals surface area contributed by atoms with Crippen LogP contribution in [0.3, 0.4) is 0 Å². The Balaban J connectivity index is 1.71. The summed E-state index contributed by atoms with van der Waals surface area (Å²) in [5.41, 5.74) is 0.237. The maximum atomic E-state index is 12.1. The van der Waals surface area contributed by atoms with Crippen LogP contribution in [0.1, 0.15) is 20.8 Å². The van der Waals surface area contributed by atoms with Crippen LogP contribution in [0.5, 0.6) is 0 Å². The summed E-state index contributed by atoms with van der Waals surface area (Å²) in [6, 6.07) is 0. The molecule has 3 heterocycles. The van der Waals surface area contributed by atoms with Crippen LogP contribution in [-0.2, 0) is 4.74 Å². The maximum Gasteiger partial charge on any atom is 0.410 e. The quantitative estimate of drug-likeness (QED) is 0.866. The molecule has 124 valence electrons. The fraction of sp³-hybridized carbons (Fsp3) is 0.533. The lowest BCUT2D eigenvalue weighted by atomic mass is 10.2. The summed E-state index contributed by atoms with van der Waals surface area (Å²) in [4.78, 5) is 27.5. The van der Waals surface area contributed by atoms with Gasteiger partial charge in [-0.15, -0.1) is 0 Å². The Morgan fingerprint density at radius 1 is 1.26 bits per heavy atom. The predicted octanol–water partition coefficient (Wildman–Crippen LogP) is 2.67. The van der Waals surface area contributed by atoms with Crippen molar-refractivity contribution in [3.8, 4) is 0 Å². The first-order valence-corrected chi connectivity index (χ1v) is 7.93. The summed E-state index contributed by atoms with van der Waals surface area (Å²) in [7, 11) is 0. The van der Waals surface area contributed by atoms with Crippen molar-refractivity contribution in [1.29, 1.82) is 0 Å². The average Bonchev–Trinajstić information content (AvgIpc) is 2.87. The van der Waals surface area contributed by atoms with Gasteiger partial charge in [0.05, 0.1) is 10.4 Å². The molecule has 1 N–H and O–H groups in total. The Morgan fingerprint density at radius 3 is 2.61 bits per heavy atom. The molecule has 0 bridgehead atoms. The lowest BCUT2D eigenvalue weighted by Crippen LogP contribution is -2.50. The highest BCUT2D eigenvalue weighted by Crippen LogP contribution is 2.30. The first kappa shape index (κ1) is 15.9. The van der Waals surface area contributed by atoms with Crippen LogP contribution in [0.2, 0.25) is 5.02 Å². The van der Waals surface area contributed by atoms with Gasteiger partial charge in [0.1, 0.15) is 23.4 Å². The third kappa shape index (κ3) is 3.34. The van der Waals surface area contributed by atoms with Gasteiger partial charge in [-0.05, 0) is 20.8 Å². The number of nitrogens with one attached hydrogen (secondary N) is 1. The fourth-order valence-electron chi connectivity index (χ4n) is 2.58. The smallest absolute Gasteiger partial charge is 0.410 e. The molecule has 0 saturated carbocycles. The van der Waals surface area contributed by atoms with E-state index >= 15 is 0 Å². The van der Waals surface area contributed by atoms with Crippen molar-refractivity contribution >= 4 is 34.5 Å². The van der Waals surface area contributed by atoms with E-state index in [1.54, 1.807) is 11.1 Å². The zero-order chi connectivity index (χ0) is 16.6. The number of rotatable bonds is 1. The summed E-state index contributed by atoms with van der Waals surface area (Å²) < 4.78 is 5.41. The molecule has 0 unspecified atom stereocenters. The molecule has 1 fully saturated rings. The van der Waals surface area contributed by atoms with E-state index in [0.29, 0.717) is 31.2 Å². The number of carbonyl (C=O) groups is 1. The van der Waals surface area contributed by atoms with E-state index in [-0.39, 0.29) is 6.09 Å². The number of halogens is 1. The molecule has 0 spiro atoms. The van der Waals surface area contributed by atoms with Crippen LogP contribution in [0.25, 0.3) is 11.0 Å². The van der Waals surface area contributed by atoms with Gasteiger partial charge in [0.2, 0.25) is 0 Å². The molecule has 0 aliphatic carbocycles. The highest BCUT2D eigenvalue weighted by Gasteiger charge is 2.27. The molecular weight excluding hydrogens is 318 g/mol. The molecule has 0 aromatic carbocycles. The second kappa shape index (κ2) is 5.88. The van der Waals surface area contributed by atoms with E-state index in [9.17, 15) is 4.79 Å². The molecule has 0 radical (unpaired) electrons. The van der Waals surface area contributed by atoms with Crippen LogP contribution < -0.4 is 4.90 Å². The number of aromatic nitrogens is 3. The summed E-state index contributed by atoms with van der Waals surface area (Å²) in [6.45, 7) is 8.12. The average molecular weight is 338 g/mol. The molecule has 2 aromatic heterocycles. The Labute approximate surface area is 139 Å². The van der Waals surface area contributed by atoms with Gasteiger partial charge in [0, 0.05) is 32.4 Å². The van der Waals surface area contributed by atoms with E-state index in [2.05, 4.69) is 19.9 Å². The van der Waals surface area contributed by atoms with Crippen LogP contribution in [0.4, 0.5) is 10.6 Å². The zero-order valence-electron chi connectivity index (χ0n) is 13.5. The van der Waals surface area contributed by atoms with Crippen LogP contribution in [0.15, 0.2) is 12.5 Å². The molecule has 1 saturated heterocycles. The van der Waals surface area contributed by atoms with Gasteiger partial charge in [-0.25, -0.2) is 14.8 Å². The summed E-state index contributed by atoms with van der Waals surface area (Å²) in [5, 5.41) is 1.42. The number of H-pyrrole nitrogens is 1. The largest absolute Gasteiger partial charge is 0.444 e. The summed E-state index contributed by atoms with van der Waals surface area (Å²) >= 11 is 6.23. The molecule has 0 atom stereocenters. The Kier molecular flexibility index (Phi) is 4.06. The number of aromatic amines is 1. The Morgan fingerprint density at radius 2 is 1.96 bits per heavy atom. The minimum absolute atomic E-state index is 0.273. The standard InChI is InChI=1S/C15H20ClN5O2/c1-15(2,3)23-14(22)21-6-4-20(5-7-21)13-11-10(16)8-17-12(11)18-9-19-13/h8-9H,4-7H2,1-3H3,(H,17,18,19). The Hall–Kier alpha value is -2.02. The van der Waals surface area contributed by atoms with E-state index < -0.39 is 5.60 Å². The monoisotopic (exact) mass is 337 g/mol. The predicted molar refractivity (Wildman–Crippen MR) is 88.9 cm³/mol. The minimum atomic E-state index is -0.480. The lowest BCUT2D eigenvalue weighted by Gasteiger charge is -2.36. The fourth-order valence-corrected chi connectivity index (χ4v) is 2.81. The van der Waals surface area contributed by atoms with Crippen molar-refractivity contribution in [2.24, 2.45) is 0 Å². The van der Waals surface area contributed by atoms with E-state index in [4.69, 9.17) is 16.3 Å². The molecule has 2 aromatic rings. The number of fused-ring (bicyclic) bond motifs is 1. The van der Waals surface area contributed by atoms with Crippen molar-refractivity contribution in [3.63, 3.8) is 0 Å². The topological polar surface area (TPSA) is 74.3 Å². The normalized spacial score (nSPS) is 16.0. The highest BCUT2D eigenvalue weighted by atomic mass is 35.5. The lowest BCUT2D eigenvalue weighted by molar-refractivity contribution is 0.0240. The molecule has 1 aliphatic heterocycles. The van der Waals surface area contributed by atoms with Gasteiger partial charge in [-0.3, -0.25) is 0 Å². The number of amides is 1. The first-order chi connectivity index (χ1) is 10.8. The van der Waals surface area contributed by atoms with E-state index in [0.717, 1.165) is 16.9 Å². The molecule has 1 amide bonds. The number of hydrogen-bond acceptors (Lipinski definition) is 5. The zero-order valence-corrected chi connectivity index (χ0v) is 14.2. The number of piperazine rings is 1. The van der Waals surface area contributed by atoms with Crippen LogP contribution in [0, 0.1) is 0 Å². The number of nitrogens with zero attached hydrogens (tertiary/aromatic N) is 4. The van der Waals surface area contributed by atoms with Gasteiger partial charge < -0.3 is 19.5 Å². The van der Waals surface area contributed by atoms with Gasteiger partial charge in [-0.1, -0.05) is 11.6 Å². The number of ether oxygens (including phenoxy) is 1. The van der Waals surface area contributed by atoms with E-state index in [1.165, 1.54) is 6.33 Å². The third-order valence-electron chi connectivity index (χ3n) is 3.63. The minimum Gasteiger partial charge on any atom is -0.444 e. The van der Waals surface area contributed by atoms with Crippen molar-refractivity contribution in [3.05, 3.63) is 17.5 Å². The highest BCUT2D eigenvalue weighted by molar-refractivity contribution is 6.36. The van der Waals surface area contributed by atoms with Gasteiger partial charge in [-0.2, -0.15) is 0 Å². The number of hydrogen-bond donors (Lipinski definition) is 1. The second-order valence-electron chi connectivity index (χ2n) is 6.51.